The van der Waals surface area contributed by atoms with Crippen molar-refractivity contribution in [3.63, 3.8) is 0 Å². The molecule has 1 saturated heterocycles. The summed E-state index contributed by atoms with van der Waals surface area (Å²) in [5.41, 5.74) is 0.746. The van der Waals surface area contributed by atoms with Crippen LogP contribution in [0.25, 0.3) is 0 Å². The molecule has 1 atom stereocenters. The molecule has 1 unspecified atom stereocenters. The lowest BCUT2D eigenvalue weighted by Gasteiger charge is -2.19. The molecule has 1 fully saturated rings. The molecular formula is C22H26F3NO4S. The molecule has 1 heterocycles. The third-order valence-electron chi connectivity index (χ3n) is 4.43. The van der Waals surface area contributed by atoms with E-state index in [1.54, 1.807) is 55.2 Å². The van der Waals surface area contributed by atoms with Crippen molar-refractivity contribution in [2.24, 2.45) is 0 Å². The molecule has 31 heavy (non-hydrogen) atoms. The molecule has 1 aliphatic rings. The maximum atomic E-state index is 12.8. The van der Waals surface area contributed by atoms with Crippen LogP contribution in [0.5, 0.6) is 5.75 Å². The monoisotopic (exact) mass is 457 g/mol. The summed E-state index contributed by atoms with van der Waals surface area (Å²) in [6, 6.07) is 6.78. The number of thioether (sulfide) groups is 1. The van der Waals surface area contributed by atoms with Crippen LogP contribution < -0.4 is 4.74 Å². The van der Waals surface area contributed by atoms with Crippen LogP contribution in [0.2, 0.25) is 0 Å². The fraction of sp³-hybridized carbons (Fsp3) is 0.409. The molecule has 0 saturated carbocycles. The summed E-state index contributed by atoms with van der Waals surface area (Å²) in [5, 5.41) is 9.00. The highest BCUT2D eigenvalue weighted by Crippen LogP contribution is 2.36. The van der Waals surface area contributed by atoms with Gasteiger partial charge in [0.2, 0.25) is 0 Å². The lowest BCUT2D eigenvalue weighted by Crippen LogP contribution is -2.33. The van der Waals surface area contributed by atoms with Gasteiger partial charge in [-0.25, -0.2) is 0 Å². The lowest BCUT2D eigenvalue weighted by molar-refractivity contribution is -0.303. The van der Waals surface area contributed by atoms with Gasteiger partial charge in [-0.05, 0) is 44.0 Å². The molecule has 1 aliphatic heterocycles. The Kier molecular flexibility index (Phi) is 9.51. The molecule has 1 aromatic rings. The van der Waals surface area contributed by atoms with Crippen LogP contribution in [0.15, 0.2) is 59.2 Å². The Labute approximate surface area is 184 Å². The highest BCUT2D eigenvalue weighted by molar-refractivity contribution is 8.03. The van der Waals surface area contributed by atoms with Crippen molar-refractivity contribution in [1.29, 1.82) is 0 Å². The first-order chi connectivity index (χ1) is 14.8. The highest BCUT2D eigenvalue weighted by Gasteiger charge is 2.34. The van der Waals surface area contributed by atoms with E-state index in [9.17, 15) is 18.0 Å². The number of rotatable bonds is 9. The third-order valence-corrected chi connectivity index (χ3v) is 5.84. The summed E-state index contributed by atoms with van der Waals surface area (Å²) < 4.78 is 48.0. The van der Waals surface area contributed by atoms with E-state index >= 15 is 0 Å². The normalized spacial score (nSPS) is 18.0. The van der Waals surface area contributed by atoms with Gasteiger partial charge in [-0.1, -0.05) is 30.4 Å². The largest absolute Gasteiger partial charge is 0.573 e. The zero-order valence-electron chi connectivity index (χ0n) is 17.4. The number of likely N-dealkylation sites (tertiary alicyclic amines) is 1. The van der Waals surface area contributed by atoms with Gasteiger partial charge in [0.1, 0.15) is 11.5 Å². The fourth-order valence-corrected chi connectivity index (χ4v) is 4.10. The Balaban J connectivity index is 1.91. The summed E-state index contributed by atoms with van der Waals surface area (Å²) in [5.74, 6) is 0.0695. The molecule has 0 bridgehead atoms. The van der Waals surface area contributed by atoms with Crippen LogP contribution in [0.1, 0.15) is 25.8 Å². The van der Waals surface area contributed by atoms with Crippen LogP contribution >= 0.6 is 11.8 Å². The van der Waals surface area contributed by atoms with Crippen LogP contribution in [-0.4, -0.2) is 47.2 Å². The second-order valence-corrected chi connectivity index (χ2v) is 8.06. The maximum Gasteiger partial charge on any atom is 0.573 e. The zero-order valence-corrected chi connectivity index (χ0v) is 18.2. The minimum Gasteiger partial charge on any atom is -0.484 e. The molecule has 0 spiro atoms. The van der Waals surface area contributed by atoms with E-state index in [-0.39, 0.29) is 30.1 Å². The number of alkyl halides is 3. The number of nitrogens with zero attached hydrogens (tertiary/aromatic N) is 1. The standard InChI is InChI=1S/C22H26F3NO4S/c1-3-5-6-19(30-22(23,24)25)20(4-2)31-18-11-12-26(13-18)21(28)15-29-17-9-7-16(14-27)8-10-17/h3-10,18,27H,11-15H2,1-2H3/b5-3-,19-6+,20-4+. The third kappa shape index (κ3) is 8.34. The molecule has 0 aromatic heterocycles. The minimum absolute atomic E-state index is 0.0511. The SMILES string of the molecule is C\C=C/C=C(OC(F)(F)F)\C(=C/C)SC1CCN(C(=O)COc2ccc(CO)cc2)C1. The van der Waals surface area contributed by atoms with Gasteiger partial charge < -0.3 is 19.5 Å². The smallest absolute Gasteiger partial charge is 0.484 e. The first-order valence-electron chi connectivity index (χ1n) is 9.78. The van der Waals surface area contributed by atoms with Gasteiger partial charge in [-0.3, -0.25) is 4.79 Å². The molecule has 5 nitrogen and oxygen atoms in total. The summed E-state index contributed by atoms with van der Waals surface area (Å²) >= 11 is 1.27. The van der Waals surface area contributed by atoms with E-state index in [1.165, 1.54) is 23.9 Å². The summed E-state index contributed by atoms with van der Waals surface area (Å²) in [6.45, 7) is 4.08. The highest BCUT2D eigenvalue weighted by atomic mass is 32.2. The number of carbonyl (C=O) groups is 1. The quantitative estimate of drug-likeness (QED) is 0.427. The number of hydrogen-bond donors (Lipinski definition) is 1. The summed E-state index contributed by atoms with van der Waals surface area (Å²) in [7, 11) is 0. The molecule has 1 amide bonds. The van der Waals surface area contributed by atoms with Gasteiger partial charge in [-0.2, -0.15) is 0 Å². The van der Waals surface area contributed by atoms with Crippen LogP contribution in [0.4, 0.5) is 13.2 Å². The Bertz CT molecular complexity index is 819. The van der Waals surface area contributed by atoms with Gasteiger partial charge >= 0.3 is 6.36 Å². The van der Waals surface area contributed by atoms with Crippen molar-refractivity contribution >= 4 is 17.7 Å². The fourth-order valence-electron chi connectivity index (χ4n) is 2.90. The predicted octanol–water partition coefficient (Wildman–Crippen LogP) is 4.79. The molecule has 2 rings (SSSR count). The molecule has 9 heteroatoms. The van der Waals surface area contributed by atoms with Gasteiger partial charge in [0, 0.05) is 23.2 Å². The number of aliphatic hydroxyl groups excluding tert-OH is 1. The van der Waals surface area contributed by atoms with E-state index in [4.69, 9.17) is 9.84 Å². The van der Waals surface area contributed by atoms with Crippen molar-refractivity contribution in [1.82, 2.24) is 4.90 Å². The molecule has 1 N–H and O–H groups in total. The molecule has 170 valence electrons. The van der Waals surface area contributed by atoms with Gasteiger partial charge in [0.25, 0.3) is 5.91 Å². The second-order valence-electron chi connectivity index (χ2n) is 6.72. The number of ether oxygens (including phenoxy) is 2. The molecular weight excluding hydrogens is 431 g/mol. The second kappa shape index (κ2) is 11.9. The van der Waals surface area contributed by atoms with E-state index in [2.05, 4.69) is 4.74 Å². The lowest BCUT2D eigenvalue weighted by atomic mass is 10.2. The number of allylic oxidation sites excluding steroid dienone is 4. The van der Waals surface area contributed by atoms with Gasteiger partial charge in [0.05, 0.1) is 6.61 Å². The van der Waals surface area contributed by atoms with E-state index < -0.39 is 6.36 Å². The van der Waals surface area contributed by atoms with Crippen LogP contribution in [0.3, 0.4) is 0 Å². The van der Waals surface area contributed by atoms with Gasteiger partial charge in [0.15, 0.2) is 6.61 Å². The van der Waals surface area contributed by atoms with E-state index in [0.717, 1.165) is 5.56 Å². The molecule has 0 radical (unpaired) electrons. The number of aliphatic hydroxyl groups is 1. The number of amides is 1. The number of benzene rings is 1. The Morgan fingerprint density at radius 2 is 2.00 bits per heavy atom. The minimum atomic E-state index is -4.79. The molecule has 1 aromatic carbocycles. The van der Waals surface area contributed by atoms with Crippen LogP contribution in [-0.2, 0) is 16.1 Å². The number of carbonyl (C=O) groups excluding carboxylic acids is 1. The maximum absolute atomic E-state index is 12.8. The van der Waals surface area contributed by atoms with Crippen molar-refractivity contribution in [2.75, 3.05) is 19.7 Å². The summed E-state index contributed by atoms with van der Waals surface area (Å²) in [4.78, 5) is 14.5. The summed E-state index contributed by atoms with van der Waals surface area (Å²) in [6.07, 6.45) is 1.83. The average Bonchev–Trinajstić information content (AvgIpc) is 3.21. The first kappa shape index (κ1) is 24.9. The average molecular weight is 458 g/mol. The predicted molar refractivity (Wildman–Crippen MR) is 114 cm³/mol. The van der Waals surface area contributed by atoms with Crippen molar-refractivity contribution in [3.8, 4) is 5.75 Å². The molecule has 0 aliphatic carbocycles. The van der Waals surface area contributed by atoms with E-state index in [0.29, 0.717) is 30.2 Å². The Morgan fingerprint density at radius 3 is 2.58 bits per heavy atom. The Morgan fingerprint density at radius 1 is 1.29 bits per heavy atom. The Hall–Kier alpha value is -2.39. The van der Waals surface area contributed by atoms with Crippen molar-refractivity contribution < 1.29 is 32.5 Å². The van der Waals surface area contributed by atoms with Crippen LogP contribution in [0, 0.1) is 0 Å². The van der Waals surface area contributed by atoms with Crippen molar-refractivity contribution in [3.05, 3.63) is 64.8 Å². The zero-order chi connectivity index (χ0) is 22.9. The van der Waals surface area contributed by atoms with Crippen molar-refractivity contribution in [2.45, 2.75) is 38.5 Å². The number of hydrogen-bond acceptors (Lipinski definition) is 5. The van der Waals surface area contributed by atoms with E-state index in [1.807, 2.05) is 0 Å². The topological polar surface area (TPSA) is 59.0 Å². The number of halogens is 3. The first-order valence-corrected chi connectivity index (χ1v) is 10.7. The van der Waals surface area contributed by atoms with Gasteiger partial charge in [-0.15, -0.1) is 24.9 Å².